The van der Waals surface area contributed by atoms with E-state index in [-0.39, 0.29) is 5.41 Å². The van der Waals surface area contributed by atoms with Gasteiger partial charge in [-0.05, 0) is 23.3 Å². The zero-order chi connectivity index (χ0) is 10.0. The lowest BCUT2D eigenvalue weighted by molar-refractivity contribution is -0.00453. The number of hydrogen-bond acceptors (Lipinski definition) is 1. The highest BCUT2D eigenvalue weighted by Crippen LogP contribution is 2.40. The third-order valence-corrected chi connectivity index (χ3v) is 3.17. The molecule has 0 spiro atoms. The molecule has 0 bridgehead atoms. The Morgan fingerprint density at radius 2 is 1.93 bits per heavy atom. The van der Waals surface area contributed by atoms with Crippen molar-refractivity contribution >= 4 is 0 Å². The van der Waals surface area contributed by atoms with Gasteiger partial charge in [-0.25, -0.2) is 0 Å². The van der Waals surface area contributed by atoms with Crippen molar-refractivity contribution in [2.24, 2.45) is 5.41 Å². The van der Waals surface area contributed by atoms with E-state index in [1.165, 1.54) is 5.56 Å². The summed E-state index contributed by atoms with van der Waals surface area (Å²) in [5.74, 6) is 0.650. The lowest BCUT2D eigenvalue weighted by Crippen LogP contribution is -2.33. The van der Waals surface area contributed by atoms with Crippen molar-refractivity contribution in [1.29, 1.82) is 0 Å². The number of hydrogen-bond donors (Lipinski definition) is 0. The first kappa shape index (κ1) is 9.72. The topological polar surface area (TPSA) is 9.23 Å². The third-order valence-electron chi connectivity index (χ3n) is 3.17. The number of ether oxygens (including phenoxy) is 1. The summed E-state index contributed by atoms with van der Waals surface area (Å²) < 4.78 is 5.54. The van der Waals surface area contributed by atoms with E-state index in [9.17, 15) is 0 Å². The van der Waals surface area contributed by atoms with Crippen molar-refractivity contribution < 1.29 is 4.74 Å². The molecular formula is C13H18O. The van der Waals surface area contributed by atoms with E-state index in [2.05, 4.69) is 44.2 Å². The fourth-order valence-corrected chi connectivity index (χ4v) is 2.33. The summed E-state index contributed by atoms with van der Waals surface area (Å²) in [6.45, 7) is 6.38. The smallest absolute Gasteiger partial charge is 0.0522 e. The molecule has 14 heavy (non-hydrogen) atoms. The second kappa shape index (κ2) is 3.74. The zero-order valence-corrected chi connectivity index (χ0v) is 8.99. The third kappa shape index (κ3) is 1.83. The highest BCUT2D eigenvalue weighted by Gasteiger charge is 2.33. The van der Waals surface area contributed by atoms with Crippen LogP contribution < -0.4 is 0 Å². The highest BCUT2D eigenvalue weighted by atomic mass is 16.5. The van der Waals surface area contributed by atoms with Crippen molar-refractivity contribution in [2.45, 2.75) is 26.2 Å². The molecule has 0 unspecified atom stereocenters. The van der Waals surface area contributed by atoms with E-state index in [1.54, 1.807) is 0 Å². The van der Waals surface area contributed by atoms with Gasteiger partial charge in [0, 0.05) is 6.61 Å². The van der Waals surface area contributed by atoms with Gasteiger partial charge in [0.1, 0.15) is 0 Å². The fourth-order valence-electron chi connectivity index (χ4n) is 2.33. The molecule has 1 heteroatoms. The Kier molecular flexibility index (Phi) is 2.60. The second-order valence-corrected chi connectivity index (χ2v) is 4.79. The van der Waals surface area contributed by atoms with Gasteiger partial charge in [0.2, 0.25) is 0 Å². The van der Waals surface area contributed by atoms with Crippen molar-refractivity contribution in [1.82, 2.24) is 0 Å². The molecule has 0 aliphatic carbocycles. The Morgan fingerprint density at radius 1 is 1.21 bits per heavy atom. The van der Waals surface area contributed by atoms with Crippen molar-refractivity contribution in [2.75, 3.05) is 13.2 Å². The summed E-state index contributed by atoms with van der Waals surface area (Å²) in [6.07, 6.45) is 1.15. The Bertz CT molecular complexity index is 289. The molecule has 1 nitrogen and oxygen atoms in total. The van der Waals surface area contributed by atoms with Gasteiger partial charge in [-0.15, -0.1) is 0 Å². The number of rotatable bonds is 1. The zero-order valence-electron chi connectivity index (χ0n) is 8.99. The molecule has 1 saturated heterocycles. The van der Waals surface area contributed by atoms with E-state index in [0.29, 0.717) is 5.92 Å². The van der Waals surface area contributed by atoms with Crippen molar-refractivity contribution in [3.63, 3.8) is 0 Å². The molecule has 1 fully saturated rings. The Labute approximate surface area is 86.1 Å². The maximum absolute atomic E-state index is 5.54. The van der Waals surface area contributed by atoms with Crippen LogP contribution in [0.3, 0.4) is 0 Å². The van der Waals surface area contributed by atoms with E-state index in [0.717, 1.165) is 19.6 Å². The van der Waals surface area contributed by atoms with Crippen LogP contribution in [0.5, 0.6) is 0 Å². The van der Waals surface area contributed by atoms with Gasteiger partial charge in [0.25, 0.3) is 0 Å². The van der Waals surface area contributed by atoms with Crippen LogP contribution in [0.25, 0.3) is 0 Å². The monoisotopic (exact) mass is 190 g/mol. The average Bonchev–Trinajstić information content (AvgIpc) is 2.18. The minimum atomic E-state index is 0.277. The van der Waals surface area contributed by atoms with E-state index >= 15 is 0 Å². The molecule has 0 N–H and O–H groups in total. The van der Waals surface area contributed by atoms with Gasteiger partial charge < -0.3 is 4.74 Å². The summed E-state index contributed by atoms with van der Waals surface area (Å²) in [7, 11) is 0. The Morgan fingerprint density at radius 3 is 2.57 bits per heavy atom. The molecule has 1 aliphatic heterocycles. The first-order valence-corrected chi connectivity index (χ1v) is 5.33. The number of benzene rings is 1. The van der Waals surface area contributed by atoms with Crippen LogP contribution in [0.15, 0.2) is 30.3 Å². The Hall–Kier alpha value is -0.820. The minimum Gasteiger partial charge on any atom is -0.381 e. The summed E-state index contributed by atoms with van der Waals surface area (Å²) in [5, 5.41) is 0. The summed E-state index contributed by atoms with van der Waals surface area (Å²) >= 11 is 0. The van der Waals surface area contributed by atoms with Crippen LogP contribution in [0.2, 0.25) is 0 Å². The molecule has 1 aliphatic rings. The van der Waals surface area contributed by atoms with Crippen LogP contribution in [-0.4, -0.2) is 13.2 Å². The lowest BCUT2D eigenvalue weighted by atomic mass is 9.72. The fraction of sp³-hybridized carbons (Fsp3) is 0.538. The first-order chi connectivity index (χ1) is 6.70. The average molecular weight is 190 g/mol. The first-order valence-electron chi connectivity index (χ1n) is 5.33. The predicted octanol–water partition coefficient (Wildman–Crippen LogP) is 3.22. The summed E-state index contributed by atoms with van der Waals surface area (Å²) in [5.41, 5.74) is 1.74. The summed E-state index contributed by atoms with van der Waals surface area (Å²) in [6, 6.07) is 10.8. The normalized spacial score (nSPS) is 26.0. The van der Waals surface area contributed by atoms with Crippen molar-refractivity contribution in [3.8, 4) is 0 Å². The van der Waals surface area contributed by atoms with Gasteiger partial charge in [-0.2, -0.15) is 0 Å². The molecule has 1 aromatic rings. The molecule has 0 saturated carbocycles. The van der Waals surface area contributed by atoms with Gasteiger partial charge >= 0.3 is 0 Å². The molecule has 2 rings (SSSR count). The highest BCUT2D eigenvalue weighted by molar-refractivity contribution is 5.22. The molecule has 1 heterocycles. The second-order valence-electron chi connectivity index (χ2n) is 4.79. The van der Waals surface area contributed by atoms with Crippen LogP contribution in [0, 0.1) is 5.41 Å². The Balaban J connectivity index is 2.24. The van der Waals surface area contributed by atoms with E-state index < -0.39 is 0 Å². The van der Waals surface area contributed by atoms with Crippen LogP contribution in [-0.2, 0) is 4.74 Å². The van der Waals surface area contributed by atoms with Crippen LogP contribution >= 0.6 is 0 Å². The molecule has 0 aromatic heterocycles. The van der Waals surface area contributed by atoms with Gasteiger partial charge in [0.15, 0.2) is 0 Å². The van der Waals surface area contributed by atoms with E-state index in [1.807, 2.05) is 0 Å². The summed E-state index contributed by atoms with van der Waals surface area (Å²) in [4.78, 5) is 0. The maximum Gasteiger partial charge on any atom is 0.0522 e. The predicted molar refractivity (Wildman–Crippen MR) is 58.4 cm³/mol. The van der Waals surface area contributed by atoms with Gasteiger partial charge in [0.05, 0.1) is 6.61 Å². The SMILES string of the molecule is CC1(C)COCC[C@H]1c1ccccc1. The minimum absolute atomic E-state index is 0.277. The standard InChI is InChI=1S/C13H18O/c1-13(2)10-14-9-8-12(13)11-6-4-3-5-7-11/h3-7,12H,8-10H2,1-2H3/t12-/m0/s1. The molecule has 76 valence electrons. The molecule has 0 radical (unpaired) electrons. The van der Waals surface area contributed by atoms with Gasteiger partial charge in [-0.3, -0.25) is 0 Å². The molecule has 0 amide bonds. The largest absolute Gasteiger partial charge is 0.381 e. The van der Waals surface area contributed by atoms with Crippen LogP contribution in [0.4, 0.5) is 0 Å². The van der Waals surface area contributed by atoms with Gasteiger partial charge in [-0.1, -0.05) is 44.2 Å². The van der Waals surface area contributed by atoms with Crippen molar-refractivity contribution in [3.05, 3.63) is 35.9 Å². The van der Waals surface area contributed by atoms with Crippen LogP contribution in [0.1, 0.15) is 31.7 Å². The lowest BCUT2D eigenvalue weighted by Gasteiger charge is -2.38. The maximum atomic E-state index is 5.54. The molecule has 1 atom stereocenters. The van der Waals surface area contributed by atoms with E-state index in [4.69, 9.17) is 4.74 Å². The molecule has 1 aromatic carbocycles. The molecular weight excluding hydrogens is 172 g/mol. The quantitative estimate of drug-likeness (QED) is 0.660.